The average molecular weight is 275 g/mol. The average Bonchev–Trinajstić information content (AvgIpc) is 2.85. The predicted octanol–water partition coefficient (Wildman–Crippen LogP) is 0.979. The zero-order valence-electron chi connectivity index (χ0n) is 10.1. The second kappa shape index (κ2) is 4.90. The molecular formula is C12H15F2NO4. The molecule has 0 aromatic carbocycles. The van der Waals surface area contributed by atoms with Crippen molar-refractivity contribution in [2.24, 2.45) is 0 Å². The lowest BCUT2D eigenvalue weighted by molar-refractivity contribution is -0.216. The normalized spacial score (nSPS) is 19.6. The molecule has 0 spiro atoms. The number of hydrogen-bond donors (Lipinski definition) is 3. The summed E-state index contributed by atoms with van der Waals surface area (Å²) in [5, 5.41) is 20.7. The highest BCUT2D eigenvalue weighted by Gasteiger charge is 2.61. The monoisotopic (exact) mass is 275 g/mol. The van der Waals surface area contributed by atoms with Crippen LogP contribution in [-0.2, 0) is 4.79 Å². The first-order valence-electron chi connectivity index (χ1n) is 5.96. The van der Waals surface area contributed by atoms with Gasteiger partial charge in [0.05, 0.1) is 12.9 Å². The highest BCUT2D eigenvalue weighted by molar-refractivity contribution is 5.85. The van der Waals surface area contributed by atoms with Crippen LogP contribution in [0, 0.1) is 0 Å². The van der Waals surface area contributed by atoms with Crippen LogP contribution in [0.25, 0.3) is 0 Å². The molecule has 1 aromatic rings. The Morgan fingerprint density at radius 1 is 1.58 bits per heavy atom. The summed E-state index contributed by atoms with van der Waals surface area (Å²) in [7, 11) is 0. The molecule has 0 saturated heterocycles. The SMILES string of the molecule is O=C(NC(CO)c1ccco1)C(F)(F)C1(O)CCC1. The minimum absolute atomic E-state index is 0.113. The van der Waals surface area contributed by atoms with Crippen molar-refractivity contribution in [3.8, 4) is 0 Å². The van der Waals surface area contributed by atoms with Gasteiger partial charge in [-0.15, -0.1) is 0 Å². The van der Waals surface area contributed by atoms with Crippen molar-refractivity contribution in [2.75, 3.05) is 6.61 Å². The van der Waals surface area contributed by atoms with E-state index in [0.717, 1.165) is 0 Å². The van der Waals surface area contributed by atoms with Gasteiger partial charge in [-0.2, -0.15) is 8.78 Å². The van der Waals surface area contributed by atoms with Gasteiger partial charge < -0.3 is 19.9 Å². The minimum atomic E-state index is -3.88. The molecule has 1 aliphatic rings. The van der Waals surface area contributed by atoms with Crippen molar-refractivity contribution in [3.05, 3.63) is 24.2 Å². The van der Waals surface area contributed by atoms with E-state index in [1.807, 2.05) is 5.32 Å². The number of nitrogens with one attached hydrogen (secondary N) is 1. The van der Waals surface area contributed by atoms with E-state index in [2.05, 4.69) is 0 Å². The first-order valence-corrected chi connectivity index (χ1v) is 5.96. The van der Waals surface area contributed by atoms with E-state index in [9.17, 15) is 18.7 Å². The van der Waals surface area contributed by atoms with Crippen LogP contribution in [0.2, 0.25) is 0 Å². The molecule has 1 fully saturated rings. The number of aliphatic hydroxyl groups is 2. The molecule has 1 unspecified atom stereocenters. The van der Waals surface area contributed by atoms with Gasteiger partial charge in [0.25, 0.3) is 5.91 Å². The number of amides is 1. The van der Waals surface area contributed by atoms with Gasteiger partial charge in [-0.3, -0.25) is 4.79 Å². The maximum atomic E-state index is 13.8. The minimum Gasteiger partial charge on any atom is -0.467 e. The number of alkyl halides is 2. The number of hydrogen-bond acceptors (Lipinski definition) is 4. The predicted molar refractivity (Wildman–Crippen MR) is 60.4 cm³/mol. The smallest absolute Gasteiger partial charge is 0.352 e. The Kier molecular flexibility index (Phi) is 3.60. The number of rotatable bonds is 5. The van der Waals surface area contributed by atoms with E-state index in [1.54, 1.807) is 0 Å². The molecule has 106 valence electrons. The topological polar surface area (TPSA) is 82.7 Å². The number of halogens is 2. The highest BCUT2D eigenvalue weighted by atomic mass is 19.3. The molecule has 1 heterocycles. The zero-order chi connectivity index (χ0) is 14.1. The van der Waals surface area contributed by atoms with Gasteiger partial charge in [0.2, 0.25) is 0 Å². The second-order valence-electron chi connectivity index (χ2n) is 4.68. The van der Waals surface area contributed by atoms with Gasteiger partial charge in [-0.05, 0) is 31.4 Å². The molecule has 3 N–H and O–H groups in total. The Morgan fingerprint density at radius 2 is 2.26 bits per heavy atom. The van der Waals surface area contributed by atoms with Gasteiger partial charge in [0.1, 0.15) is 17.4 Å². The van der Waals surface area contributed by atoms with Crippen LogP contribution in [0.15, 0.2) is 22.8 Å². The lowest BCUT2D eigenvalue weighted by atomic mass is 9.75. The molecule has 7 heteroatoms. The van der Waals surface area contributed by atoms with E-state index in [1.165, 1.54) is 18.4 Å². The third-order valence-corrected chi connectivity index (χ3v) is 3.42. The fourth-order valence-corrected chi connectivity index (χ4v) is 1.98. The Hall–Kier alpha value is -1.47. The molecule has 1 aliphatic carbocycles. The first kappa shape index (κ1) is 14.0. The summed E-state index contributed by atoms with van der Waals surface area (Å²) in [6.07, 6.45) is 1.54. The maximum absolute atomic E-state index is 13.8. The summed E-state index contributed by atoms with van der Waals surface area (Å²) < 4.78 is 32.6. The van der Waals surface area contributed by atoms with Gasteiger partial charge in [-0.1, -0.05) is 0 Å². The standard InChI is InChI=1S/C12H15F2NO4/c13-12(14,11(18)4-2-5-11)10(17)15-8(7-16)9-3-1-6-19-9/h1,3,6,8,16,18H,2,4-5,7H2,(H,15,17). The Balaban J connectivity index is 2.07. The fourth-order valence-electron chi connectivity index (χ4n) is 1.98. The van der Waals surface area contributed by atoms with Crippen LogP contribution in [-0.4, -0.2) is 34.3 Å². The summed E-state index contributed by atoms with van der Waals surface area (Å²) in [6.45, 7) is -0.576. The third kappa shape index (κ3) is 2.35. The summed E-state index contributed by atoms with van der Waals surface area (Å²) in [4.78, 5) is 11.6. The lowest BCUT2D eigenvalue weighted by Crippen LogP contribution is -2.61. The van der Waals surface area contributed by atoms with Crippen molar-refractivity contribution in [1.82, 2.24) is 5.32 Å². The molecular weight excluding hydrogens is 260 g/mol. The van der Waals surface area contributed by atoms with Gasteiger partial charge in [-0.25, -0.2) is 0 Å². The summed E-state index contributed by atoms with van der Waals surface area (Å²) >= 11 is 0. The van der Waals surface area contributed by atoms with Crippen LogP contribution in [0.4, 0.5) is 8.78 Å². The lowest BCUT2D eigenvalue weighted by Gasteiger charge is -2.41. The largest absolute Gasteiger partial charge is 0.467 e. The third-order valence-electron chi connectivity index (χ3n) is 3.42. The highest BCUT2D eigenvalue weighted by Crippen LogP contribution is 2.44. The molecule has 1 aromatic heterocycles. The fraction of sp³-hybridized carbons (Fsp3) is 0.583. The van der Waals surface area contributed by atoms with E-state index in [4.69, 9.17) is 9.52 Å². The number of carbonyl (C=O) groups excluding carboxylic acids is 1. The van der Waals surface area contributed by atoms with E-state index in [-0.39, 0.29) is 18.6 Å². The molecule has 1 atom stereocenters. The van der Waals surface area contributed by atoms with Crippen LogP contribution in [0.1, 0.15) is 31.1 Å². The number of furan rings is 1. The van der Waals surface area contributed by atoms with Crippen LogP contribution < -0.4 is 5.32 Å². The van der Waals surface area contributed by atoms with Crippen molar-refractivity contribution in [2.45, 2.75) is 36.8 Å². The summed E-state index contributed by atoms with van der Waals surface area (Å²) in [5.74, 6) is -5.32. The Bertz CT molecular complexity index is 443. The Morgan fingerprint density at radius 3 is 2.68 bits per heavy atom. The van der Waals surface area contributed by atoms with Crippen LogP contribution >= 0.6 is 0 Å². The molecule has 19 heavy (non-hydrogen) atoms. The quantitative estimate of drug-likeness (QED) is 0.748. The van der Waals surface area contributed by atoms with Crippen LogP contribution in [0.3, 0.4) is 0 Å². The molecule has 2 rings (SSSR count). The van der Waals surface area contributed by atoms with Gasteiger partial charge in [0, 0.05) is 0 Å². The molecule has 5 nitrogen and oxygen atoms in total. The van der Waals surface area contributed by atoms with E-state index < -0.39 is 30.1 Å². The van der Waals surface area contributed by atoms with Gasteiger partial charge >= 0.3 is 5.92 Å². The number of aliphatic hydroxyl groups excluding tert-OH is 1. The number of carbonyl (C=O) groups is 1. The van der Waals surface area contributed by atoms with Gasteiger partial charge in [0.15, 0.2) is 0 Å². The van der Waals surface area contributed by atoms with E-state index >= 15 is 0 Å². The van der Waals surface area contributed by atoms with E-state index in [0.29, 0.717) is 6.42 Å². The Labute approximate surface area is 108 Å². The second-order valence-corrected chi connectivity index (χ2v) is 4.68. The maximum Gasteiger partial charge on any atom is 0.352 e. The molecule has 0 radical (unpaired) electrons. The molecule has 1 amide bonds. The van der Waals surface area contributed by atoms with Crippen molar-refractivity contribution >= 4 is 5.91 Å². The van der Waals surface area contributed by atoms with Crippen molar-refractivity contribution in [1.29, 1.82) is 0 Å². The first-order chi connectivity index (χ1) is 8.90. The van der Waals surface area contributed by atoms with Crippen LogP contribution in [0.5, 0.6) is 0 Å². The van der Waals surface area contributed by atoms with Crippen molar-refractivity contribution < 1.29 is 28.2 Å². The zero-order valence-corrected chi connectivity index (χ0v) is 10.1. The summed E-state index contributed by atoms with van der Waals surface area (Å²) in [5.41, 5.74) is -2.28. The summed E-state index contributed by atoms with van der Waals surface area (Å²) in [6, 6.07) is 1.91. The molecule has 1 saturated carbocycles. The van der Waals surface area contributed by atoms with Crippen molar-refractivity contribution in [3.63, 3.8) is 0 Å². The molecule has 0 aliphatic heterocycles. The molecule has 0 bridgehead atoms.